The summed E-state index contributed by atoms with van der Waals surface area (Å²) in [7, 11) is -3.60. The number of hydrogen-bond acceptors (Lipinski definition) is 5. The Bertz CT molecular complexity index is 1350. The van der Waals surface area contributed by atoms with Gasteiger partial charge < -0.3 is 15.0 Å². The number of nitrogens with one attached hydrogen (secondary N) is 2. The molecule has 1 aliphatic heterocycles. The molecule has 4 rings (SSSR count). The minimum Gasteiger partial charge on any atom is -0.477 e. The van der Waals surface area contributed by atoms with Crippen LogP contribution in [0, 0.1) is 0 Å². The van der Waals surface area contributed by atoms with Crippen molar-refractivity contribution in [1.29, 1.82) is 0 Å². The first-order valence-electron chi connectivity index (χ1n) is 10.9. The standard InChI is InChI=1S/C25H24ClN3O5S/c1-35(32,33)28-20-15-18(11-12-19(20)26)25(31)29-16-23(34-22-10-6-5-9-21(22)29)24(30)27-14-13-17-7-3-2-4-8-17/h2-12,15,23,28H,13-14,16H2,1H3,(H,27,30)/t23-/m0/s1. The number of fused-ring (bicyclic) bond motifs is 1. The number of anilines is 2. The zero-order chi connectivity index (χ0) is 25.0. The molecule has 0 aromatic heterocycles. The molecule has 182 valence electrons. The average Bonchev–Trinajstić information content (AvgIpc) is 2.84. The molecule has 0 spiro atoms. The third-order valence-corrected chi connectivity index (χ3v) is 6.30. The first-order valence-corrected chi connectivity index (χ1v) is 13.1. The lowest BCUT2D eigenvalue weighted by atomic mass is 10.1. The van der Waals surface area contributed by atoms with Crippen molar-refractivity contribution in [3.8, 4) is 5.75 Å². The molecule has 1 aliphatic rings. The average molecular weight is 514 g/mol. The first kappa shape index (κ1) is 24.6. The topological polar surface area (TPSA) is 105 Å². The fraction of sp³-hybridized carbons (Fsp3) is 0.200. The van der Waals surface area contributed by atoms with Crippen LogP contribution in [0.5, 0.6) is 5.75 Å². The molecule has 8 nitrogen and oxygen atoms in total. The van der Waals surface area contributed by atoms with Gasteiger partial charge in [0, 0.05) is 12.1 Å². The molecule has 1 heterocycles. The van der Waals surface area contributed by atoms with Gasteiger partial charge in [-0.15, -0.1) is 0 Å². The normalized spacial score (nSPS) is 15.0. The van der Waals surface area contributed by atoms with Crippen LogP contribution in [0.3, 0.4) is 0 Å². The van der Waals surface area contributed by atoms with Crippen LogP contribution in [-0.4, -0.2) is 45.7 Å². The van der Waals surface area contributed by atoms with Gasteiger partial charge >= 0.3 is 0 Å². The zero-order valence-electron chi connectivity index (χ0n) is 18.9. The summed E-state index contributed by atoms with van der Waals surface area (Å²) in [5.74, 6) is -0.349. The van der Waals surface area contributed by atoms with Crippen LogP contribution >= 0.6 is 11.6 Å². The van der Waals surface area contributed by atoms with Gasteiger partial charge in [-0.05, 0) is 42.3 Å². The van der Waals surface area contributed by atoms with E-state index in [4.69, 9.17) is 16.3 Å². The molecule has 3 aromatic carbocycles. The minimum absolute atomic E-state index is 0.00944. The van der Waals surface area contributed by atoms with Gasteiger partial charge in [0.15, 0.2) is 6.10 Å². The maximum absolute atomic E-state index is 13.5. The molecule has 0 unspecified atom stereocenters. The third kappa shape index (κ3) is 6.12. The van der Waals surface area contributed by atoms with Gasteiger partial charge in [0.2, 0.25) is 10.0 Å². The van der Waals surface area contributed by atoms with Crippen molar-refractivity contribution < 1.29 is 22.7 Å². The van der Waals surface area contributed by atoms with Crippen LogP contribution in [0.1, 0.15) is 15.9 Å². The van der Waals surface area contributed by atoms with Crippen molar-refractivity contribution in [2.45, 2.75) is 12.5 Å². The van der Waals surface area contributed by atoms with Gasteiger partial charge in [-0.3, -0.25) is 14.3 Å². The summed E-state index contributed by atoms with van der Waals surface area (Å²) in [6, 6.07) is 21.0. The summed E-state index contributed by atoms with van der Waals surface area (Å²) in [6.45, 7) is 0.417. The van der Waals surface area contributed by atoms with Crippen LogP contribution in [-0.2, 0) is 21.2 Å². The summed E-state index contributed by atoms with van der Waals surface area (Å²) in [4.78, 5) is 27.8. The van der Waals surface area contributed by atoms with Gasteiger partial charge in [0.25, 0.3) is 11.8 Å². The predicted octanol–water partition coefficient (Wildman–Crippen LogP) is 3.48. The molecule has 2 amide bonds. The van der Waals surface area contributed by atoms with Gasteiger partial charge in [0.1, 0.15) is 5.75 Å². The lowest BCUT2D eigenvalue weighted by molar-refractivity contribution is -0.127. The molecular weight excluding hydrogens is 490 g/mol. The van der Waals surface area contributed by atoms with Crippen LogP contribution in [0.25, 0.3) is 0 Å². The molecule has 1 atom stereocenters. The van der Waals surface area contributed by atoms with Gasteiger partial charge in [0.05, 0.1) is 29.2 Å². The second-order valence-electron chi connectivity index (χ2n) is 8.09. The van der Waals surface area contributed by atoms with Crippen molar-refractivity contribution in [3.63, 3.8) is 0 Å². The first-order chi connectivity index (χ1) is 16.7. The van der Waals surface area contributed by atoms with E-state index in [1.54, 1.807) is 24.3 Å². The number of carbonyl (C=O) groups is 2. The maximum atomic E-state index is 13.5. The third-order valence-electron chi connectivity index (χ3n) is 5.38. The molecule has 35 heavy (non-hydrogen) atoms. The molecule has 0 aliphatic carbocycles. The number of hydrogen-bond donors (Lipinski definition) is 2. The van der Waals surface area contributed by atoms with E-state index in [9.17, 15) is 18.0 Å². The predicted molar refractivity (Wildman–Crippen MR) is 136 cm³/mol. The van der Waals surface area contributed by atoms with E-state index in [-0.39, 0.29) is 28.7 Å². The lowest BCUT2D eigenvalue weighted by Crippen LogP contribution is -2.51. The summed E-state index contributed by atoms with van der Waals surface area (Å²) < 4.78 is 31.6. The van der Waals surface area contributed by atoms with Crippen molar-refractivity contribution in [1.82, 2.24) is 5.32 Å². The van der Waals surface area contributed by atoms with E-state index in [2.05, 4.69) is 10.0 Å². The van der Waals surface area contributed by atoms with Crippen molar-refractivity contribution in [2.24, 2.45) is 0 Å². The highest BCUT2D eigenvalue weighted by molar-refractivity contribution is 7.92. The highest BCUT2D eigenvalue weighted by Crippen LogP contribution is 2.35. The summed E-state index contributed by atoms with van der Waals surface area (Å²) in [5.41, 5.74) is 1.91. The molecular formula is C25H24ClN3O5S. The van der Waals surface area contributed by atoms with E-state index in [0.29, 0.717) is 24.4 Å². The van der Waals surface area contributed by atoms with Crippen molar-refractivity contribution in [2.75, 3.05) is 29.0 Å². The number of benzene rings is 3. The second-order valence-corrected chi connectivity index (χ2v) is 10.2. The molecule has 0 radical (unpaired) electrons. The minimum atomic E-state index is -3.60. The molecule has 0 fully saturated rings. The Morgan fingerprint density at radius 3 is 2.51 bits per heavy atom. The molecule has 10 heteroatoms. The second kappa shape index (κ2) is 10.4. The Kier molecular flexibility index (Phi) is 7.28. The Labute approximate surface area is 208 Å². The van der Waals surface area contributed by atoms with Gasteiger partial charge in [-0.25, -0.2) is 8.42 Å². The molecule has 2 N–H and O–H groups in total. The van der Waals surface area contributed by atoms with Crippen LogP contribution < -0.4 is 19.7 Å². The number of rotatable bonds is 7. The lowest BCUT2D eigenvalue weighted by Gasteiger charge is -2.34. The number of amides is 2. The molecule has 0 bridgehead atoms. The van der Waals surface area contributed by atoms with E-state index in [0.717, 1.165) is 11.8 Å². The molecule has 0 saturated heterocycles. The quantitative estimate of drug-likeness (QED) is 0.503. The summed E-state index contributed by atoms with van der Waals surface area (Å²) in [6.07, 6.45) is 0.752. The van der Waals surface area contributed by atoms with Crippen LogP contribution in [0.15, 0.2) is 72.8 Å². The van der Waals surface area contributed by atoms with E-state index >= 15 is 0 Å². The smallest absolute Gasteiger partial charge is 0.262 e. The fourth-order valence-corrected chi connectivity index (χ4v) is 4.53. The highest BCUT2D eigenvalue weighted by atomic mass is 35.5. The van der Waals surface area contributed by atoms with Gasteiger partial charge in [-0.1, -0.05) is 54.1 Å². The van der Waals surface area contributed by atoms with Crippen LogP contribution in [0.2, 0.25) is 5.02 Å². The maximum Gasteiger partial charge on any atom is 0.262 e. The SMILES string of the molecule is CS(=O)(=O)Nc1cc(C(=O)N2C[C@@H](C(=O)NCCc3ccccc3)Oc3ccccc32)ccc1Cl. The monoisotopic (exact) mass is 513 g/mol. The van der Waals surface area contributed by atoms with E-state index in [1.165, 1.54) is 23.1 Å². The summed E-state index contributed by atoms with van der Waals surface area (Å²) in [5, 5.41) is 3.03. The van der Waals surface area contributed by atoms with E-state index < -0.39 is 22.0 Å². The van der Waals surface area contributed by atoms with Crippen LogP contribution in [0.4, 0.5) is 11.4 Å². The number of para-hydroxylation sites is 2. The van der Waals surface area contributed by atoms with Gasteiger partial charge in [-0.2, -0.15) is 0 Å². The Morgan fingerprint density at radius 1 is 1.06 bits per heavy atom. The summed E-state index contributed by atoms with van der Waals surface area (Å²) >= 11 is 6.11. The Morgan fingerprint density at radius 2 is 1.77 bits per heavy atom. The fourth-order valence-electron chi connectivity index (χ4n) is 3.74. The molecule has 0 saturated carbocycles. The molecule has 3 aromatic rings. The largest absolute Gasteiger partial charge is 0.477 e. The highest BCUT2D eigenvalue weighted by Gasteiger charge is 2.34. The van der Waals surface area contributed by atoms with Crippen molar-refractivity contribution >= 4 is 44.8 Å². The number of nitrogens with zero attached hydrogens (tertiary/aromatic N) is 1. The van der Waals surface area contributed by atoms with E-state index in [1.807, 2.05) is 30.3 Å². The number of carbonyl (C=O) groups excluding carboxylic acids is 2. The number of sulfonamides is 1. The Balaban J connectivity index is 1.53. The number of ether oxygens (including phenoxy) is 1. The number of halogens is 1. The van der Waals surface area contributed by atoms with Crippen molar-refractivity contribution in [3.05, 3.63) is 88.9 Å². The zero-order valence-corrected chi connectivity index (χ0v) is 20.5. The Hall–Kier alpha value is -3.56.